The summed E-state index contributed by atoms with van der Waals surface area (Å²) in [5.41, 5.74) is 6.23. The highest BCUT2D eigenvalue weighted by Gasteiger charge is 2.38. The number of aromatic amines is 1. The summed E-state index contributed by atoms with van der Waals surface area (Å²) in [5, 5.41) is 13.4. The summed E-state index contributed by atoms with van der Waals surface area (Å²) in [6.07, 6.45) is 2.32. The van der Waals surface area contributed by atoms with Crippen molar-refractivity contribution in [2.24, 2.45) is 0 Å². The van der Waals surface area contributed by atoms with E-state index in [1.165, 1.54) is 4.90 Å². The van der Waals surface area contributed by atoms with Crippen LogP contribution in [0.25, 0.3) is 22.0 Å². The van der Waals surface area contributed by atoms with Crippen LogP contribution >= 0.6 is 0 Å². The lowest BCUT2D eigenvalue weighted by Crippen LogP contribution is -2.52. The monoisotopic (exact) mass is 523 g/mol. The topological polar surface area (TPSA) is 112 Å². The van der Waals surface area contributed by atoms with E-state index in [2.05, 4.69) is 22.4 Å². The highest BCUT2D eigenvalue weighted by molar-refractivity contribution is 5.91. The highest BCUT2D eigenvalue weighted by Crippen LogP contribution is 2.44. The predicted molar refractivity (Wildman–Crippen MR) is 146 cm³/mol. The lowest BCUT2D eigenvalue weighted by atomic mass is 9.98. The van der Waals surface area contributed by atoms with Crippen molar-refractivity contribution < 1.29 is 24.2 Å². The second-order valence-corrected chi connectivity index (χ2v) is 10.1. The van der Waals surface area contributed by atoms with Crippen molar-refractivity contribution >= 4 is 28.9 Å². The zero-order valence-corrected chi connectivity index (χ0v) is 21.3. The minimum atomic E-state index is -1.03. The number of carboxylic acids is 1. The Morgan fingerprint density at radius 3 is 2.36 bits per heavy atom. The molecule has 1 aliphatic heterocycles. The van der Waals surface area contributed by atoms with Crippen molar-refractivity contribution in [2.75, 3.05) is 13.2 Å². The van der Waals surface area contributed by atoms with Crippen molar-refractivity contribution in [2.45, 2.75) is 37.3 Å². The molecule has 0 spiro atoms. The van der Waals surface area contributed by atoms with Crippen LogP contribution in [-0.2, 0) is 20.7 Å². The summed E-state index contributed by atoms with van der Waals surface area (Å²) in [4.78, 5) is 43.1. The Balaban J connectivity index is 1.22. The number of alkyl carbamates (subject to hydrolysis) is 1. The molecule has 4 aromatic rings. The van der Waals surface area contributed by atoms with Crippen LogP contribution in [0.1, 0.15) is 35.4 Å². The molecule has 1 fully saturated rings. The van der Waals surface area contributed by atoms with Gasteiger partial charge in [-0.2, -0.15) is 0 Å². The average molecular weight is 524 g/mol. The maximum atomic E-state index is 13.6. The predicted octanol–water partition coefficient (Wildman–Crippen LogP) is 4.69. The quantitative estimate of drug-likeness (QED) is 0.325. The normalized spacial score (nSPS) is 17.0. The van der Waals surface area contributed by atoms with Gasteiger partial charge in [0.05, 0.1) is 0 Å². The van der Waals surface area contributed by atoms with Crippen molar-refractivity contribution in [3.8, 4) is 11.1 Å². The minimum absolute atomic E-state index is 0.110. The van der Waals surface area contributed by atoms with Gasteiger partial charge < -0.3 is 25.0 Å². The number of carbonyl (C=O) groups is 3. The zero-order chi connectivity index (χ0) is 26.9. The van der Waals surface area contributed by atoms with Gasteiger partial charge in [0.25, 0.3) is 0 Å². The fraction of sp³-hybridized carbons (Fsp3) is 0.258. The molecule has 8 nitrogen and oxygen atoms in total. The number of hydrogen-bond donors (Lipinski definition) is 3. The molecule has 2 amide bonds. The molecule has 2 atom stereocenters. The second-order valence-electron chi connectivity index (χ2n) is 10.1. The first-order valence-electron chi connectivity index (χ1n) is 13.2. The van der Waals surface area contributed by atoms with Crippen LogP contribution < -0.4 is 5.32 Å². The number of likely N-dealkylation sites (tertiary alicyclic amines) is 1. The molecular formula is C31H29N3O5. The van der Waals surface area contributed by atoms with E-state index in [0.29, 0.717) is 19.4 Å². The number of aromatic nitrogens is 1. The smallest absolute Gasteiger partial charge is 0.407 e. The van der Waals surface area contributed by atoms with Crippen molar-refractivity contribution in [1.82, 2.24) is 15.2 Å². The van der Waals surface area contributed by atoms with Gasteiger partial charge in [-0.15, -0.1) is 0 Å². The number of nitrogens with zero attached hydrogens (tertiary/aromatic N) is 1. The van der Waals surface area contributed by atoms with Gasteiger partial charge >= 0.3 is 12.1 Å². The van der Waals surface area contributed by atoms with Crippen LogP contribution in [0.5, 0.6) is 0 Å². The number of rotatable bonds is 7. The van der Waals surface area contributed by atoms with Crippen molar-refractivity contribution in [3.05, 3.63) is 95.7 Å². The second kappa shape index (κ2) is 10.3. The third-order valence-electron chi connectivity index (χ3n) is 7.85. The molecule has 1 saturated heterocycles. The number of amides is 2. The molecule has 3 N–H and O–H groups in total. The number of hydrogen-bond acceptors (Lipinski definition) is 4. The van der Waals surface area contributed by atoms with Crippen molar-refractivity contribution in [1.29, 1.82) is 0 Å². The Bertz CT molecular complexity index is 1520. The van der Waals surface area contributed by atoms with E-state index in [1.807, 2.05) is 66.9 Å². The van der Waals surface area contributed by atoms with E-state index in [-0.39, 0.29) is 18.9 Å². The molecule has 3 aromatic carbocycles. The van der Waals surface area contributed by atoms with E-state index >= 15 is 0 Å². The number of para-hydroxylation sites is 1. The third kappa shape index (κ3) is 4.63. The van der Waals surface area contributed by atoms with Crippen LogP contribution in [-0.4, -0.2) is 58.2 Å². The largest absolute Gasteiger partial charge is 0.480 e. The van der Waals surface area contributed by atoms with Crippen LogP contribution in [0.15, 0.2) is 79.0 Å². The van der Waals surface area contributed by atoms with Crippen molar-refractivity contribution in [3.63, 3.8) is 0 Å². The SMILES string of the molecule is O=C(N[C@H](Cc1c[nH]c2ccccc12)C(=O)N1CCC[C@@H]1C(=O)O)OCC1c2ccccc2-c2ccccc21. The highest BCUT2D eigenvalue weighted by atomic mass is 16.5. The van der Waals surface area contributed by atoms with E-state index in [0.717, 1.165) is 38.7 Å². The lowest BCUT2D eigenvalue weighted by molar-refractivity contribution is -0.148. The number of carbonyl (C=O) groups excluding carboxylic acids is 2. The third-order valence-corrected chi connectivity index (χ3v) is 7.85. The molecule has 1 aliphatic carbocycles. The van der Waals surface area contributed by atoms with Crippen LogP contribution in [0, 0.1) is 0 Å². The van der Waals surface area contributed by atoms with Crippen LogP contribution in [0.2, 0.25) is 0 Å². The standard InChI is InChI=1S/C31H29N3O5/c35-29(34-15-7-14-28(34)30(36)37)27(16-19-17-32-26-13-6-5-8-20(19)26)33-31(38)39-18-25-23-11-3-1-9-21(23)22-10-2-4-12-24(22)25/h1-6,8-13,17,25,27-28,32H,7,14-16,18H2,(H,33,38)(H,36,37)/t27-,28-/m1/s1. The molecule has 0 bridgehead atoms. The van der Waals surface area contributed by atoms with Gasteiger partial charge in [0.15, 0.2) is 0 Å². The minimum Gasteiger partial charge on any atom is -0.480 e. The van der Waals surface area contributed by atoms with Crippen LogP contribution in [0.4, 0.5) is 4.79 Å². The Hall–Kier alpha value is -4.59. The Kier molecular flexibility index (Phi) is 6.52. The first-order valence-corrected chi connectivity index (χ1v) is 13.2. The number of carboxylic acid groups (broad SMARTS) is 1. The number of benzene rings is 3. The first kappa shape index (κ1) is 24.7. The summed E-state index contributed by atoms with van der Waals surface area (Å²) in [5.74, 6) is -1.56. The van der Waals surface area contributed by atoms with Crippen LogP contribution in [0.3, 0.4) is 0 Å². The molecule has 198 valence electrons. The Labute approximate surface area is 225 Å². The zero-order valence-electron chi connectivity index (χ0n) is 21.3. The summed E-state index contributed by atoms with van der Waals surface area (Å²) >= 11 is 0. The fourth-order valence-corrected chi connectivity index (χ4v) is 5.99. The van der Waals surface area contributed by atoms with E-state index in [1.54, 1.807) is 0 Å². The van der Waals surface area contributed by atoms with E-state index in [4.69, 9.17) is 4.74 Å². The summed E-state index contributed by atoms with van der Waals surface area (Å²) < 4.78 is 5.72. The summed E-state index contributed by atoms with van der Waals surface area (Å²) in [6.45, 7) is 0.460. The van der Waals surface area contributed by atoms with Gasteiger partial charge in [0.1, 0.15) is 18.7 Å². The molecule has 2 heterocycles. The van der Waals surface area contributed by atoms with E-state index in [9.17, 15) is 19.5 Å². The fourth-order valence-electron chi connectivity index (χ4n) is 5.99. The Morgan fingerprint density at radius 1 is 0.974 bits per heavy atom. The molecular weight excluding hydrogens is 494 g/mol. The molecule has 2 aliphatic rings. The van der Waals surface area contributed by atoms with E-state index < -0.39 is 30.1 Å². The molecule has 8 heteroatoms. The number of nitrogens with one attached hydrogen (secondary N) is 2. The Morgan fingerprint density at radius 2 is 1.64 bits per heavy atom. The number of aliphatic carboxylic acids is 1. The maximum absolute atomic E-state index is 13.6. The maximum Gasteiger partial charge on any atom is 0.407 e. The average Bonchev–Trinajstić information content (AvgIpc) is 3.68. The lowest BCUT2D eigenvalue weighted by Gasteiger charge is -2.27. The van der Waals surface area contributed by atoms with Gasteiger partial charge in [0, 0.05) is 36.0 Å². The van der Waals surface area contributed by atoms with Gasteiger partial charge in [-0.1, -0.05) is 66.7 Å². The number of ether oxygens (including phenoxy) is 1. The molecule has 6 rings (SSSR count). The van der Waals surface area contributed by atoms with Gasteiger partial charge in [-0.25, -0.2) is 9.59 Å². The molecule has 1 aromatic heterocycles. The van der Waals surface area contributed by atoms with Gasteiger partial charge in [-0.3, -0.25) is 4.79 Å². The number of fused-ring (bicyclic) bond motifs is 4. The summed E-state index contributed by atoms with van der Waals surface area (Å²) in [7, 11) is 0. The van der Waals surface area contributed by atoms with Gasteiger partial charge in [-0.05, 0) is 46.7 Å². The summed E-state index contributed by atoms with van der Waals surface area (Å²) in [6, 6.07) is 22.0. The first-order chi connectivity index (χ1) is 19.0. The molecule has 0 unspecified atom stereocenters. The molecule has 39 heavy (non-hydrogen) atoms. The number of H-pyrrole nitrogens is 1. The molecule has 0 saturated carbocycles. The molecule has 0 radical (unpaired) electrons. The van der Waals surface area contributed by atoms with Gasteiger partial charge in [0.2, 0.25) is 5.91 Å².